The van der Waals surface area contributed by atoms with Crippen molar-refractivity contribution in [2.45, 2.75) is 25.8 Å². The van der Waals surface area contributed by atoms with Crippen LogP contribution in [0.1, 0.15) is 30.8 Å². The molecule has 0 radical (unpaired) electrons. The van der Waals surface area contributed by atoms with Gasteiger partial charge in [0.15, 0.2) is 0 Å². The van der Waals surface area contributed by atoms with E-state index in [2.05, 4.69) is 0 Å². The van der Waals surface area contributed by atoms with E-state index in [-0.39, 0.29) is 18.2 Å². The SMILES string of the molecule is CCOP(=O)(OCC)[C@H](N)c1c(Cl)cccc1C(F)(F)F. The van der Waals surface area contributed by atoms with Crippen molar-refractivity contribution < 1.29 is 26.8 Å². The number of rotatable bonds is 6. The largest absolute Gasteiger partial charge is 0.416 e. The highest BCUT2D eigenvalue weighted by molar-refractivity contribution is 7.54. The van der Waals surface area contributed by atoms with E-state index in [1.54, 1.807) is 0 Å². The average Bonchev–Trinajstić information content (AvgIpc) is 2.37. The van der Waals surface area contributed by atoms with Crippen molar-refractivity contribution in [3.05, 3.63) is 34.3 Å². The quantitative estimate of drug-likeness (QED) is 0.766. The molecule has 0 saturated heterocycles. The van der Waals surface area contributed by atoms with Crippen molar-refractivity contribution in [2.75, 3.05) is 13.2 Å². The summed E-state index contributed by atoms with van der Waals surface area (Å²) in [6, 6.07) is 3.21. The molecule has 1 atom stereocenters. The van der Waals surface area contributed by atoms with Gasteiger partial charge in [-0.05, 0) is 26.0 Å². The van der Waals surface area contributed by atoms with Crippen LogP contribution >= 0.6 is 19.2 Å². The van der Waals surface area contributed by atoms with E-state index >= 15 is 0 Å². The zero-order valence-corrected chi connectivity index (χ0v) is 13.1. The summed E-state index contributed by atoms with van der Waals surface area (Å²) in [7, 11) is -3.96. The lowest BCUT2D eigenvalue weighted by Crippen LogP contribution is -2.20. The molecule has 9 heteroatoms. The van der Waals surface area contributed by atoms with Gasteiger partial charge in [-0.2, -0.15) is 13.2 Å². The summed E-state index contributed by atoms with van der Waals surface area (Å²) in [6.45, 7) is 3.04. The Bertz CT molecular complexity index is 529. The maximum Gasteiger partial charge on any atom is 0.416 e. The van der Waals surface area contributed by atoms with Gasteiger partial charge in [-0.3, -0.25) is 4.57 Å². The second kappa shape index (κ2) is 7.11. The summed E-state index contributed by atoms with van der Waals surface area (Å²) in [6.07, 6.45) is -4.68. The number of hydrogen-bond acceptors (Lipinski definition) is 4. The molecule has 0 spiro atoms. The fourth-order valence-electron chi connectivity index (χ4n) is 1.80. The molecule has 0 aliphatic rings. The topological polar surface area (TPSA) is 61.5 Å². The van der Waals surface area contributed by atoms with Crippen LogP contribution in [0.25, 0.3) is 0 Å². The second-order valence-electron chi connectivity index (χ2n) is 4.02. The first-order chi connectivity index (χ1) is 9.67. The van der Waals surface area contributed by atoms with Crippen LogP contribution in [0.15, 0.2) is 18.2 Å². The maximum atomic E-state index is 13.1. The number of benzene rings is 1. The molecule has 2 N–H and O–H groups in total. The van der Waals surface area contributed by atoms with E-state index < -0.39 is 30.7 Å². The van der Waals surface area contributed by atoms with E-state index in [1.165, 1.54) is 19.9 Å². The molecule has 1 aromatic rings. The van der Waals surface area contributed by atoms with Crippen LogP contribution < -0.4 is 5.73 Å². The van der Waals surface area contributed by atoms with Gasteiger partial charge in [0.1, 0.15) is 5.78 Å². The number of halogens is 4. The van der Waals surface area contributed by atoms with Gasteiger partial charge in [-0.15, -0.1) is 0 Å². The second-order valence-corrected chi connectivity index (χ2v) is 6.58. The van der Waals surface area contributed by atoms with Gasteiger partial charge in [0, 0.05) is 10.6 Å². The van der Waals surface area contributed by atoms with Gasteiger partial charge in [0.05, 0.1) is 18.8 Å². The lowest BCUT2D eigenvalue weighted by atomic mass is 10.1. The molecular weight excluding hydrogens is 330 g/mol. The zero-order valence-electron chi connectivity index (χ0n) is 11.5. The molecule has 0 unspecified atom stereocenters. The molecule has 0 bridgehead atoms. The van der Waals surface area contributed by atoms with Crippen molar-refractivity contribution in [3.63, 3.8) is 0 Å². The van der Waals surface area contributed by atoms with E-state index in [0.29, 0.717) is 0 Å². The smallest absolute Gasteiger partial charge is 0.314 e. The standard InChI is InChI=1S/C12H16ClF3NO3P/c1-3-19-21(18,20-4-2)11(17)10-8(12(14,15)16)6-5-7-9(10)13/h5-7,11H,3-4,17H2,1-2H3/t11-/m0/s1. The Morgan fingerprint density at radius 2 is 1.81 bits per heavy atom. The molecule has 0 aromatic heterocycles. The Balaban J connectivity index is 3.41. The third-order valence-corrected chi connectivity index (χ3v) is 5.12. The highest BCUT2D eigenvalue weighted by Crippen LogP contribution is 2.60. The summed E-state index contributed by atoms with van der Waals surface area (Å²) in [5, 5.41) is -0.239. The van der Waals surface area contributed by atoms with Gasteiger partial charge in [0.2, 0.25) is 0 Å². The number of alkyl halides is 3. The number of hydrogen-bond donors (Lipinski definition) is 1. The van der Waals surface area contributed by atoms with Crippen LogP contribution in [0.3, 0.4) is 0 Å². The molecule has 4 nitrogen and oxygen atoms in total. The van der Waals surface area contributed by atoms with E-state index in [9.17, 15) is 17.7 Å². The van der Waals surface area contributed by atoms with Crippen molar-refractivity contribution in [1.82, 2.24) is 0 Å². The molecule has 0 aliphatic heterocycles. The normalized spacial score (nSPS) is 14.2. The van der Waals surface area contributed by atoms with Gasteiger partial charge in [0.25, 0.3) is 0 Å². The summed E-state index contributed by atoms with van der Waals surface area (Å²) in [4.78, 5) is 0. The summed E-state index contributed by atoms with van der Waals surface area (Å²) < 4.78 is 61.7. The monoisotopic (exact) mass is 345 g/mol. The van der Waals surface area contributed by atoms with E-state index in [1.807, 2.05) is 0 Å². The van der Waals surface area contributed by atoms with Crippen molar-refractivity contribution in [1.29, 1.82) is 0 Å². The first-order valence-corrected chi connectivity index (χ1v) is 8.16. The van der Waals surface area contributed by atoms with Crippen molar-refractivity contribution in [3.8, 4) is 0 Å². The molecule has 0 fully saturated rings. The fraction of sp³-hybridized carbons (Fsp3) is 0.500. The molecule has 0 aliphatic carbocycles. The third kappa shape index (κ3) is 4.20. The van der Waals surface area contributed by atoms with Gasteiger partial charge in [-0.25, -0.2) is 0 Å². The van der Waals surface area contributed by atoms with Gasteiger partial charge in [-0.1, -0.05) is 17.7 Å². The minimum Gasteiger partial charge on any atom is -0.314 e. The Labute approximate surface area is 125 Å². The van der Waals surface area contributed by atoms with E-state index in [0.717, 1.165) is 12.1 Å². The molecule has 0 amide bonds. The lowest BCUT2D eigenvalue weighted by molar-refractivity contribution is -0.138. The third-order valence-electron chi connectivity index (χ3n) is 2.61. The summed E-state index contributed by atoms with van der Waals surface area (Å²) in [5.41, 5.74) is 4.20. The first kappa shape index (κ1) is 18.5. The molecule has 120 valence electrons. The Hall–Kier alpha value is -0.590. The van der Waals surface area contributed by atoms with E-state index in [4.69, 9.17) is 26.4 Å². The predicted octanol–water partition coefficient (Wildman–Crippen LogP) is 4.58. The Morgan fingerprint density at radius 1 is 1.29 bits per heavy atom. The van der Waals surface area contributed by atoms with Crippen LogP contribution in [0.5, 0.6) is 0 Å². The molecule has 1 aromatic carbocycles. The minimum absolute atomic E-state index is 0.0171. The first-order valence-electron chi connectivity index (χ1n) is 6.17. The molecule has 21 heavy (non-hydrogen) atoms. The zero-order chi connectivity index (χ0) is 16.3. The van der Waals surface area contributed by atoms with Crippen molar-refractivity contribution >= 4 is 19.2 Å². The molecule has 0 heterocycles. The van der Waals surface area contributed by atoms with Crippen LogP contribution in [0, 0.1) is 0 Å². The number of nitrogens with two attached hydrogens (primary N) is 1. The summed E-state index contributed by atoms with van der Waals surface area (Å²) >= 11 is 5.82. The summed E-state index contributed by atoms with van der Waals surface area (Å²) in [5.74, 6) is -1.62. The van der Waals surface area contributed by atoms with Crippen LogP contribution in [0.2, 0.25) is 5.02 Å². The molecule has 1 rings (SSSR count). The van der Waals surface area contributed by atoms with Gasteiger partial charge < -0.3 is 14.8 Å². The Kier molecular flexibility index (Phi) is 6.25. The Morgan fingerprint density at radius 3 is 2.24 bits per heavy atom. The predicted molar refractivity (Wildman–Crippen MR) is 74.2 cm³/mol. The van der Waals surface area contributed by atoms with Crippen LogP contribution in [-0.4, -0.2) is 13.2 Å². The lowest BCUT2D eigenvalue weighted by Gasteiger charge is -2.26. The highest BCUT2D eigenvalue weighted by Gasteiger charge is 2.42. The fourth-order valence-corrected chi connectivity index (χ4v) is 3.88. The maximum absolute atomic E-state index is 13.1. The molecule has 0 saturated carbocycles. The van der Waals surface area contributed by atoms with Gasteiger partial charge >= 0.3 is 13.8 Å². The van der Waals surface area contributed by atoms with Crippen LogP contribution in [-0.2, 0) is 19.8 Å². The average molecular weight is 346 g/mol. The molecular formula is C12H16ClF3NO3P. The van der Waals surface area contributed by atoms with Crippen molar-refractivity contribution in [2.24, 2.45) is 5.73 Å². The van der Waals surface area contributed by atoms with Crippen LogP contribution in [0.4, 0.5) is 13.2 Å². The minimum atomic E-state index is -4.68. The highest BCUT2D eigenvalue weighted by atomic mass is 35.5.